The Morgan fingerprint density at radius 3 is 3.11 bits per heavy atom. The summed E-state index contributed by atoms with van der Waals surface area (Å²) in [7, 11) is 1.74. The van der Waals surface area contributed by atoms with Crippen LogP contribution in [0.25, 0.3) is 5.52 Å². The summed E-state index contributed by atoms with van der Waals surface area (Å²) >= 11 is 0. The van der Waals surface area contributed by atoms with Crippen molar-refractivity contribution in [3.05, 3.63) is 36.4 Å². The molecule has 0 fully saturated rings. The number of fused-ring (bicyclic) bond motifs is 1. The van der Waals surface area contributed by atoms with Gasteiger partial charge in [0, 0.05) is 25.4 Å². The maximum atomic E-state index is 12.1. The first kappa shape index (κ1) is 12.6. The molecule has 5 nitrogen and oxygen atoms in total. The standard InChI is InChI=1S/C13H17N3O2/c1-10(17)3-5-15(2)13(18)11-4-6-16-9-14-8-12(16)7-11/h4,6-10,17H,3,5H2,1-2H3. The van der Waals surface area contributed by atoms with Crippen LogP contribution in [-0.2, 0) is 0 Å². The van der Waals surface area contributed by atoms with Crippen molar-refractivity contribution < 1.29 is 9.90 Å². The lowest BCUT2D eigenvalue weighted by Crippen LogP contribution is -2.29. The molecule has 2 aromatic rings. The molecule has 2 aromatic heterocycles. The molecule has 18 heavy (non-hydrogen) atoms. The molecule has 0 radical (unpaired) electrons. The van der Waals surface area contributed by atoms with Gasteiger partial charge in [-0.1, -0.05) is 0 Å². The first-order valence-corrected chi connectivity index (χ1v) is 5.93. The summed E-state index contributed by atoms with van der Waals surface area (Å²) in [6, 6.07) is 3.59. The SMILES string of the molecule is CC(O)CCN(C)C(=O)c1ccn2cncc2c1. The molecule has 0 spiro atoms. The summed E-state index contributed by atoms with van der Waals surface area (Å²) in [5.74, 6) is -0.0423. The first-order valence-electron chi connectivity index (χ1n) is 5.93. The van der Waals surface area contributed by atoms with Crippen molar-refractivity contribution in [1.82, 2.24) is 14.3 Å². The van der Waals surface area contributed by atoms with Gasteiger partial charge in [-0.15, -0.1) is 0 Å². The molecule has 96 valence electrons. The van der Waals surface area contributed by atoms with Crippen molar-refractivity contribution in [2.24, 2.45) is 0 Å². The Bertz CT molecular complexity index is 548. The van der Waals surface area contributed by atoms with Crippen LogP contribution in [0.3, 0.4) is 0 Å². The summed E-state index contributed by atoms with van der Waals surface area (Å²) in [5.41, 5.74) is 1.53. The van der Waals surface area contributed by atoms with Gasteiger partial charge in [0.15, 0.2) is 0 Å². The van der Waals surface area contributed by atoms with Crippen molar-refractivity contribution in [1.29, 1.82) is 0 Å². The molecule has 2 rings (SSSR count). The third-order valence-electron chi connectivity index (χ3n) is 2.89. The normalized spacial score (nSPS) is 12.6. The van der Waals surface area contributed by atoms with Crippen LogP contribution in [0.2, 0.25) is 0 Å². The lowest BCUT2D eigenvalue weighted by molar-refractivity contribution is 0.0769. The predicted octanol–water partition coefficient (Wildman–Crippen LogP) is 1.18. The lowest BCUT2D eigenvalue weighted by Gasteiger charge is -2.18. The van der Waals surface area contributed by atoms with Crippen LogP contribution in [-0.4, -0.2) is 45.0 Å². The molecule has 1 N–H and O–H groups in total. The van der Waals surface area contributed by atoms with Crippen LogP contribution in [0.4, 0.5) is 0 Å². The number of carbonyl (C=O) groups excluding carboxylic acids is 1. The van der Waals surface area contributed by atoms with E-state index in [4.69, 9.17) is 0 Å². The highest BCUT2D eigenvalue weighted by Gasteiger charge is 2.12. The van der Waals surface area contributed by atoms with Crippen LogP contribution in [0.15, 0.2) is 30.9 Å². The molecule has 0 aliphatic carbocycles. The molecule has 5 heteroatoms. The van der Waals surface area contributed by atoms with Crippen molar-refractivity contribution in [3.8, 4) is 0 Å². The third kappa shape index (κ3) is 2.68. The number of pyridine rings is 1. The quantitative estimate of drug-likeness (QED) is 0.882. The zero-order chi connectivity index (χ0) is 13.1. The van der Waals surface area contributed by atoms with Crippen molar-refractivity contribution in [3.63, 3.8) is 0 Å². The molecule has 1 unspecified atom stereocenters. The molecule has 0 saturated carbocycles. The van der Waals surface area contributed by atoms with Crippen molar-refractivity contribution >= 4 is 11.4 Å². The Hall–Kier alpha value is -1.88. The molecule has 0 bridgehead atoms. The molecule has 2 heterocycles. The molecule has 1 amide bonds. The second-order valence-corrected chi connectivity index (χ2v) is 4.51. The van der Waals surface area contributed by atoms with Crippen LogP contribution in [0.1, 0.15) is 23.7 Å². The number of amides is 1. The highest BCUT2D eigenvalue weighted by Crippen LogP contribution is 2.09. The topological polar surface area (TPSA) is 57.8 Å². The van der Waals surface area contributed by atoms with Gasteiger partial charge in [0.1, 0.15) is 0 Å². The smallest absolute Gasteiger partial charge is 0.253 e. The second-order valence-electron chi connectivity index (χ2n) is 4.51. The first-order chi connectivity index (χ1) is 8.58. The Labute approximate surface area is 106 Å². The van der Waals surface area contributed by atoms with Gasteiger partial charge in [0.2, 0.25) is 0 Å². The van der Waals surface area contributed by atoms with E-state index in [0.717, 1.165) is 5.52 Å². The van der Waals surface area contributed by atoms with Crippen molar-refractivity contribution in [2.45, 2.75) is 19.4 Å². The van der Waals surface area contributed by atoms with Crippen LogP contribution >= 0.6 is 0 Å². The minimum absolute atomic E-state index is 0.0423. The van der Waals surface area contributed by atoms with Gasteiger partial charge >= 0.3 is 0 Å². The minimum Gasteiger partial charge on any atom is -0.393 e. The average molecular weight is 247 g/mol. The summed E-state index contributed by atoms with van der Waals surface area (Å²) in [6.45, 7) is 2.26. The van der Waals surface area contributed by atoms with Gasteiger partial charge in [-0.2, -0.15) is 0 Å². The van der Waals surface area contributed by atoms with Gasteiger partial charge in [-0.3, -0.25) is 4.79 Å². The number of aliphatic hydroxyl groups excluding tert-OH is 1. The number of aromatic nitrogens is 2. The fraction of sp³-hybridized carbons (Fsp3) is 0.385. The highest BCUT2D eigenvalue weighted by atomic mass is 16.3. The molecular weight excluding hydrogens is 230 g/mol. The molecule has 0 aromatic carbocycles. The Balaban J connectivity index is 2.12. The number of rotatable bonds is 4. The lowest BCUT2D eigenvalue weighted by atomic mass is 10.2. The zero-order valence-corrected chi connectivity index (χ0v) is 10.6. The van der Waals surface area contributed by atoms with Gasteiger partial charge in [0.25, 0.3) is 5.91 Å². The van der Waals surface area contributed by atoms with E-state index >= 15 is 0 Å². The van der Waals surface area contributed by atoms with E-state index in [0.29, 0.717) is 18.5 Å². The number of nitrogens with zero attached hydrogens (tertiary/aromatic N) is 3. The van der Waals surface area contributed by atoms with Crippen LogP contribution < -0.4 is 0 Å². The average Bonchev–Trinajstić information content (AvgIpc) is 2.81. The monoisotopic (exact) mass is 247 g/mol. The Morgan fingerprint density at radius 2 is 2.39 bits per heavy atom. The van der Waals surface area contributed by atoms with E-state index in [2.05, 4.69) is 4.98 Å². The summed E-state index contributed by atoms with van der Waals surface area (Å²) in [4.78, 5) is 17.8. The summed E-state index contributed by atoms with van der Waals surface area (Å²) in [5, 5.41) is 9.22. The highest BCUT2D eigenvalue weighted by molar-refractivity contribution is 5.95. The van der Waals surface area contributed by atoms with Crippen LogP contribution in [0.5, 0.6) is 0 Å². The number of hydrogen-bond donors (Lipinski definition) is 1. The van der Waals surface area contributed by atoms with E-state index < -0.39 is 6.10 Å². The van der Waals surface area contributed by atoms with Gasteiger partial charge in [0.05, 0.1) is 24.1 Å². The molecule has 0 saturated heterocycles. The molecule has 1 atom stereocenters. The fourth-order valence-electron chi connectivity index (χ4n) is 1.75. The number of carbonyl (C=O) groups is 1. The largest absolute Gasteiger partial charge is 0.393 e. The third-order valence-corrected chi connectivity index (χ3v) is 2.89. The summed E-state index contributed by atoms with van der Waals surface area (Å²) < 4.78 is 1.85. The maximum absolute atomic E-state index is 12.1. The van der Waals surface area contributed by atoms with E-state index in [1.54, 1.807) is 37.5 Å². The summed E-state index contributed by atoms with van der Waals surface area (Å²) in [6.07, 6.45) is 5.42. The van der Waals surface area contributed by atoms with Gasteiger partial charge < -0.3 is 14.4 Å². The fourth-order valence-corrected chi connectivity index (χ4v) is 1.75. The Morgan fingerprint density at radius 1 is 1.61 bits per heavy atom. The minimum atomic E-state index is -0.391. The molecule has 0 aliphatic heterocycles. The second kappa shape index (κ2) is 5.18. The molecular formula is C13H17N3O2. The van der Waals surface area contributed by atoms with Gasteiger partial charge in [-0.25, -0.2) is 4.98 Å². The number of aliphatic hydroxyl groups is 1. The number of imidazole rings is 1. The van der Waals surface area contributed by atoms with E-state index in [1.165, 1.54) is 0 Å². The predicted molar refractivity (Wildman–Crippen MR) is 68.5 cm³/mol. The van der Waals surface area contributed by atoms with E-state index in [9.17, 15) is 9.90 Å². The molecule has 0 aliphatic rings. The van der Waals surface area contributed by atoms with E-state index in [1.807, 2.05) is 16.7 Å². The van der Waals surface area contributed by atoms with E-state index in [-0.39, 0.29) is 5.91 Å². The Kier molecular flexibility index (Phi) is 3.62. The van der Waals surface area contributed by atoms with Crippen LogP contribution in [0, 0.1) is 0 Å². The number of hydrogen-bond acceptors (Lipinski definition) is 3. The zero-order valence-electron chi connectivity index (χ0n) is 10.6. The maximum Gasteiger partial charge on any atom is 0.253 e. The van der Waals surface area contributed by atoms with Gasteiger partial charge in [-0.05, 0) is 25.5 Å². The van der Waals surface area contributed by atoms with Crippen molar-refractivity contribution in [2.75, 3.05) is 13.6 Å².